The molecule has 27 heteroatoms. The van der Waals surface area contributed by atoms with Gasteiger partial charge in [0.15, 0.2) is 5.96 Å². The highest BCUT2D eigenvalue weighted by Gasteiger charge is 2.36. The van der Waals surface area contributed by atoms with Crippen LogP contribution in [0.4, 0.5) is 0 Å². The lowest BCUT2D eigenvalue weighted by atomic mass is 9.96. The Kier molecular flexibility index (Phi) is 26.5. The van der Waals surface area contributed by atoms with Gasteiger partial charge in [-0.3, -0.25) is 48.1 Å². The van der Waals surface area contributed by atoms with Crippen LogP contribution in [0.1, 0.15) is 66.2 Å². The van der Waals surface area contributed by atoms with Crippen LogP contribution < -0.4 is 60.2 Å². The number of guanidine groups is 1. The minimum absolute atomic E-state index is 0.0134. The van der Waals surface area contributed by atoms with Crippen LogP contribution in [0.15, 0.2) is 4.99 Å². The molecule has 9 atom stereocenters. The fourth-order valence-electron chi connectivity index (χ4n) is 5.32. The Bertz CT molecular complexity index is 1620. The SMILES string of the molecule is CC[C@H](C)[C@H](NC(=O)[C@H](CC(C)C)NC(=O)[C@H](CC(N)=O)NC(=O)[C@H](CCCN=C(N)N)NC(=O)[C@H](CO)NC(=O)[C@@H](N)CS)C(=O)N[C@@H](CC(=O)O)C(=O)N[C@@H](CS)C(=O)O. The number of hydrogen-bond donors (Lipinski definition) is 16. The number of carbonyl (C=O) groups excluding carboxylic acids is 8. The van der Waals surface area contributed by atoms with E-state index >= 15 is 0 Å². The molecule has 0 saturated carbocycles. The molecule has 8 amide bonds. The average Bonchev–Trinajstić information content (AvgIpc) is 3.19. The molecule has 0 aliphatic rings. The van der Waals surface area contributed by atoms with Crippen molar-refractivity contribution in [1.29, 1.82) is 0 Å². The first kappa shape index (κ1) is 56.6. The molecule has 0 unspecified atom stereocenters. The van der Waals surface area contributed by atoms with Gasteiger partial charge < -0.3 is 75.5 Å². The Hall–Kier alpha value is -5.41. The number of nitrogens with two attached hydrogens (primary N) is 4. The second-order valence-electron chi connectivity index (χ2n) is 14.6. The maximum Gasteiger partial charge on any atom is 0.327 e. The number of aliphatic carboxylic acids is 2. The molecule has 0 saturated heterocycles. The quantitative estimate of drug-likeness (QED) is 0.0138. The summed E-state index contributed by atoms with van der Waals surface area (Å²) in [6.07, 6.45) is -1.67. The molecule has 0 aliphatic carbocycles. The molecule has 0 aromatic rings. The summed E-state index contributed by atoms with van der Waals surface area (Å²) in [7, 11) is 0. The molecule has 0 spiro atoms. The van der Waals surface area contributed by atoms with Crippen LogP contribution in [-0.2, 0) is 47.9 Å². The number of nitrogens with one attached hydrogen (secondary N) is 7. The van der Waals surface area contributed by atoms with E-state index in [-0.39, 0.29) is 55.6 Å². The summed E-state index contributed by atoms with van der Waals surface area (Å²) in [5, 5.41) is 44.8. The van der Waals surface area contributed by atoms with Crippen molar-refractivity contribution in [2.24, 2.45) is 39.8 Å². The number of aliphatic imine (C=N–C) groups is 1. The Morgan fingerprint density at radius 3 is 1.55 bits per heavy atom. The normalized spacial score (nSPS) is 15.3. The number of thiol groups is 2. The Morgan fingerprint density at radius 2 is 1.08 bits per heavy atom. The predicted molar refractivity (Wildman–Crippen MR) is 229 cm³/mol. The van der Waals surface area contributed by atoms with Gasteiger partial charge in [0.05, 0.1) is 25.5 Å². The van der Waals surface area contributed by atoms with E-state index in [1.807, 2.05) is 0 Å². The van der Waals surface area contributed by atoms with E-state index in [9.17, 15) is 63.3 Å². The monoisotopic (exact) mass is 922 g/mol. The van der Waals surface area contributed by atoms with Crippen LogP contribution in [-0.4, -0.2) is 153 Å². The van der Waals surface area contributed by atoms with E-state index in [0.29, 0.717) is 0 Å². The lowest BCUT2D eigenvalue weighted by Gasteiger charge is -2.29. The summed E-state index contributed by atoms with van der Waals surface area (Å²) in [5.41, 5.74) is 21.8. The standard InChI is InChI=1S/C35H62N12O13S2/c1-5-16(4)26(33(58)44-21(11-25(50)51)30(55)46-23(14-62)34(59)60)47-31(56)19(9-15(2)3)42-29(54)20(10-24(37)49)43-28(53)18(7-6-8-40-35(38)39)41-32(57)22(12-48)45-27(52)17(36)13-61/h15-23,26,48,61-62H,5-14,36H2,1-4H3,(H2,37,49)(H,41,57)(H,42,54)(H,43,53)(H,44,58)(H,45,52)(H,46,55)(H,47,56)(H,50,51)(H,59,60)(H4,38,39,40)/t16-,17-,18-,19-,20-,21-,22-,23-,26-/m0/s1. The molecular formula is C35H62N12O13S2. The molecule has 0 aromatic heterocycles. The van der Waals surface area contributed by atoms with Crippen molar-refractivity contribution in [2.45, 2.75) is 115 Å². The molecule has 0 bridgehead atoms. The Labute approximate surface area is 369 Å². The minimum Gasteiger partial charge on any atom is -0.481 e. The van der Waals surface area contributed by atoms with E-state index in [1.165, 1.54) is 0 Å². The molecule has 62 heavy (non-hydrogen) atoms. The van der Waals surface area contributed by atoms with Gasteiger partial charge in [0.2, 0.25) is 47.3 Å². The second-order valence-corrected chi connectivity index (χ2v) is 15.3. The first-order chi connectivity index (χ1) is 28.9. The third-order valence-electron chi connectivity index (χ3n) is 8.91. The summed E-state index contributed by atoms with van der Waals surface area (Å²) < 4.78 is 0. The average molecular weight is 923 g/mol. The maximum absolute atomic E-state index is 13.9. The molecule has 0 rings (SSSR count). The van der Waals surface area contributed by atoms with Gasteiger partial charge in [-0.1, -0.05) is 34.1 Å². The molecule has 352 valence electrons. The van der Waals surface area contributed by atoms with Crippen molar-refractivity contribution in [3.63, 3.8) is 0 Å². The van der Waals surface area contributed by atoms with Crippen molar-refractivity contribution >= 4 is 90.4 Å². The number of amides is 8. The van der Waals surface area contributed by atoms with Crippen LogP contribution in [0.2, 0.25) is 0 Å². The third-order valence-corrected chi connectivity index (χ3v) is 9.67. The summed E-state index contributed by atoms with van der Waals surface area (Å²) >= 11 is 7.78. The lowest BCUT2D eigenvalue weighted by molar-refractivity contribution is -0.143. The van der Waals surface area contributed by atoms with Gasteiger partial charge in [-0.2, -0.15) is 25.3 Å². The summed E-state index contributed by atoms with van der Waals surface area (Å²) in [6.45, 7) is 5.70. The Morgan fingerprint density at radius 1 is 0.613 bits per heavy atom. The van der Waals surface area contributed by atoms with Crippen LogP contribution in [0.5, 0.6) is 0 Å². The molecule has 0 aromatic carbocycles. The number of carboxylic acids is 2. The zero-order valence-corrected chi connectivity index (χ0v) is 36.7. The molecule has 0 heterocycles. The third kappa shape index (κ3) is 21.4. The van der Waals surface area contributed by atoms with Gasteiger partial charge >= 0.3 is 11.9 Å². The second kappa shape index (κ2) is 29.0. The van der Waals surface area contributed by atoms with Crippen LogP contribution >= 0.6 is 25.3 Å². The highest BCUT2D eigenvalue weighted by Crippen LogP contribution is 2.13. The lowest BCUT2D eigenvalue weighted by Crippen LogP contribution is -2.61. The fraction of sp³-hybridized carbons (Fsp3) is 0.686. The van der Waals surface area contributed by atoms with Crippen LogP contribution in [0.25, 0.3) is 0 Å². The molecule has 0 fully saturated rings. The minimum atomic E-state index is -1.78. The summed E-state index contributed by atoms with van der Waals surface area (Å²) in [5.74, 6) is -12.8. The number of rotatable bonds is 30. The van der Waals surface area contributed by atoms with Gasteiger partial charge in [0.1, 0.15) is 42.3 Å². The number of aliphatic hydroxyl groups is 1. The van der Waals surface area contributed by atoms with Crippen molar-refractivity contribution in [1.82, 2.24) is 37.2 Å². The highest BCUT2D eigenvalue weighted by molar-refractivity contribution is 7.80. The molecule has 0 aliphatic heterocycles. The number of primary amides is 1. The zero-order chi connectivity index (χ0) is 47.9. The van der Waals surface area contributed by atoms with Gasteiger partial charge in [-0.15, -0.1) is 0 Å². The first-order valence-electron chi connectivity index (χ1n) is 19.4. The van der Waals surface area contributed by atoms with Gasteiger partial charge in [-0.25, -0.2) is 4.79 Å². The van der Waals surface area contributed by atoms with Gasteiger partial charge in [-0.05, 0) is 31.1 Å². The van der Waals surface area contributed by atoms with Crippen LogP contribution in [0.3, 0.4) is 0 Å². The molecular weight excluding hydrogens is 861 g/mol. The molecule has 18 N–H and O–H groups in total. The van der Waals surface area contributed by atoms with Gasteiger partial charge in [0.25, 0.3) is 0 Å². The van der Waals surface area contributed by atoms with Crippen molar-refractivity contribution in [2.75, 3.05) is 24.7 Å². The zero-order valence-electron chi connectivity index (χ0n) is 34.9. The Balaban J connectivity index is 6.56. The molecule has 25 nitrogen and oxygen atoms in total. The highest BCUT2D eigenvalue weighted by atomic mass is 32.1. The summed E-state index contributed by atoms with van der Waals surface area (Å²) in [6, 6.07) is -12.1. The number of nitrogens with zero attached hydrogens (tertiary/aromatic N) is 1. The smallest absolute Gasteiger partial charge is 0.327 e. The maximum atomic E-state index is 13.9. The van der Waals surface area contributed by atoms with Crippen molar-refractivity contribution < 1.29 is 63.3 Å². The number of aliphatic hydroxyl groups excluding tert-OH is 1. The summed E-state index contributed by atoms with van der Waals surface area (Å²) in [4.78, 5) is 132. The van der Waals surface area contributed by atoms with Gasteiger partial charge in [0, 0.05) is 18.1 Å². The van der Waals surface area contributed by atoms with E-state index in [0.717, 1.165) is 0 Å². The number of carboxylic acid groups (broad SMARTS) is 2. The molecule has 0 radical (unpaired) electrons. The largest absolute Gasteiger partial charge is 0.481 e. The van der Waals surface area contributed by atoms with Crippen LogP contribution in [0, 0.1) is 11.8 Å². The van der Waals surface area contributed by atoms with Crippen molar-refractivity contribution in [3.05, 3.63) is 0 Å². The number of carbonyl (C=O) groups is 10. The van der Waals surface area contributed by atoms with E-state index in [1.54, 1.807) is 27.7 Å². The fourth-order valence-corrected chi connectivity index (χ4v) is 5.73. The predicted octanol–water partition coefficient (Wildman–Crippen LogP) is -5.86. The first-order valence-corrected chi connectivity index (χ1v) is 20.7. The van der Waals surface area contributed by atoms with E-state index < -0.39 is 133 Å². The van der Waals surface area contributed by atoms with E-state index in [4.69, 9.17) is 22.9 Å². The van der Waals surface area contributed by atoms with Crippen molar-refractivity contribution in [3.8, 4) is 0 Å². The van der Waals surface area contributed by atoms with E-state index in [2.05, 4.69) is 67.5 Å². The topological polar surface area (TPSA) is 432 Å². The number of hydrogen-bond acceptors (Lipinski definition) is 15.